The summed E-state index contributed by atoms with van der Waals surface area (Å²) in [6.45, 7) is 2.66. The van der Waals surface area contributed by atoms with Crippen molar-refractivity contribution >= 4 is 5.91 Å². The Balaban J connectivity index is 1.63. The summed E-state index contributed by atoms with van der Waals surface area (Å²) in [6.07, 6.45) is 2.10. The van der Waals surface area contributed by atoms with Crippen LogP contribution in [0.5, 0.6) is 11.5 Å². The number of carbonyl (C=O) groups excluding carboxylic acids is 1. The third-order valence-corrected chi connectivity index (χ3v) is 7.09. The Morgan fingerprint density at radius 3 is 2.17 bits per heavy atom. The Kier molecular flexibility index (Phi) is 7.92. The van der Waals surface area contributed by atoms with Gasteiger partial charge in [0.15, 0.2) is 0 Å². The molecule has 1 aliphatic heterocycles. The van der Waals surface area contributed by atoms with Crippen LogP contribution >= 0.6 is 0 Å². The molecule has 1 heterocycles. The van der Waals surface area contributed by atoms with Crippen LogP contribution in [0.2, 0.25) is 0 Å². The predicted molar refractivity (Wildman–Crippen MR) is 140 cm³/mol. The van der Waals surface area contributed by atoms with E-state index < -0.39 is 0 Å². The molecule has 4 rings (SSSR count). The minimum absolute atomic E-state index is 0.0709. The number of ether oxygens (including phenoxy) is 2. The molecule has 6 heteroatoms. The van der Waals surface area contributed by atoms with Crippen molar-refractivity contribution in [1.29, 1.82) is 5.26 Å². The summed E-state index contributed by atoms with van der Waals surface area (Å²) in [4.78, 5) is 16.6. The largest absolute Gasteiger partial charge is 0.497 e. The molecule has 3 aromatic rings. The van der Waals surface area contributed by atoms with E-state index in [0.29, 0.717) is 5.56 Å². The van der Waals surface area contributed by atoms with Crippen molar-refractivity contribution in [2.45, 2.75) is 24.8 Å². The van der Waals surface area contributed by atoms with Gasteiger partial charge in [0, 0.05) is 31.1 Å². The average Bonchev–Trinajstić information content (AvgIpc) is 2.93. The van der Waals surface area contributed by atoms with Gasteiger partial charge in [-0.05, 0) is 72.5 Å². The summed E-state index contributed by atoms with van der Waals surface area (Å²) in [7, 11) is 5.03. The molecule has 1 fully saturated rings. The number of carbonyl (C=O) groups is 1. The number of amides is 1. The monoisotopic (exact) mass is 483 g/mol. The van der Waals surface area contributed by atoms with Gasteiger partial charge in [-0.25, -0.2) is 0 Å². The van der Waals surface area contributed by atoms with Gasteiger partial charge in [-0.2, -0.15) is 5.26 Å². The second-order valence-electron chi connectivity index (χ2n) is 9.37. The van der Waals surface area contributed by atoms with Crippen molar-refractivity contribution in [2.24, 2.45) is 0 Å². The van der Waals surface area contributed by atoms with Crippen molar-refractivity contribution in [3.8, 4) is 17.6 Å². The maximum atomic E-state index is 12.7. The van der Waals surface area contributed by atoms with Gasteiger partial charge in [0.2, 0.25) is 0 Å². The van der Waals surface area contributed by atoms with Gasteiger partial charge < -0.3 is 14.4 Å². The summed E-state index contributed by atoms with van der Waals surface area (Å²) in [6, 6.07) is 26.6. The van der Waals surface area contributed by atoms with E-state index in [2.05, 4.69) is 35.2 Å². The Morgan fingerprint density at radius 2 is 1.61 bits per heavy atom. The van der Waals surface area contributed by atoms with Gasteiger partial charge in [-0.1, -0.05) is 36.4 Å². The van der Waals surface area contributed by atoms with Gasteiger partial charge in [0.05, 0.1) is 20.3 Å². The molecule has 0 aliphatic carbocycles. The SMILES string of the molecule is COc1ccc(C2(c3ccc(OC)cc3)CCCN(Cc3cccc(C(=O)N(C)CC#N)c3)C2)cc1. The van der Waals surface area contributed by atoms with Crippen molar-refractivity contribution < 1.29 is 14.3 Å². The number of methoxy groups -OCH3 is 2. The Labute approximate surface area is 213 Å². The molecule has 1 saturated heterocycles. The van der Waals surface area contributed by atoms with Crippen LogP contribution in [0.25, 0.3) is 0 Å². The first-order chi connectivity index (χ1) is 17.5. The molecule has 36 heavy (non-hydrogen) atoms. The normalized spacial score (nSPS) is 15.1. The maximum Gasteiger partial charge on any atom is 0.254 e. The fraction of sp³-hybridized carbons (Fsp3) is 0.333. The van der Waals surface area contributed by atoms with Crippen LogP contribution < -0.4 is 9.47 Å². The first-order valence-electron chi connectivity index (χ1n) is 12.2. The fourth-order valence-electron chi connectivity index (χ4n) is 5.20. The molecular formula is C30H33N3O3. The minimum atomic E-state index is -0.169. The van der Waals surface area contributed by atoms with Crippen LogP contribution in [0.4, 0.5) is 0 Å². The first-order valence-corrected chi connectivity index (χ1v) is 12.2. The topological polar surface area (TPSA) is 65.8 Å². The molecular weight excluding hydrogens is 450 g/mol. The summed E-state index contributed by atoms with van der Waals surface area (Å²) < 4.78 is 10.8. The smallest absolute Gasteiger partial charge is 0.254 e. The lowest BCUT2D eigenvalue weighted by molar-refractivity contribution is 0.0811. The van der Waals surface area contributed by atoms with Crippen LogP contribution in [0.1, 0.15) is 39.9 Å². The number of hydrogen-bond acceptors (Lipinski definition) is 5. The molecule has 0 unspecified atom stereocenters. The van der Waals surface area contributed by atoms with Crippen molar-refractivity contribution in [3.05, 3.63) is 95.1 Å². The average molecular weight is 484 g/mol. The van der Waals surface area contributed by atoms with E-state index in [4.69, 9.17) is 14.7 Å². The van der Waals surface area contributed by atoms with Gasteiger partial charge in [0.25, 0.3) is 5.91 Å². The van der Waals surface area contributed by atoms with E-state index in [1.54, 1.807) is 21.3 Å². The third kappa shape index (κ3) is 5.37. The van der Waals surface area contributed by atoms with Crippen molar-refractivity contribution in [2.75, 3.05) is 40.9 Å². The van der Waals surface area contributed by atoms with E-state index in [0.717, 1.165) is 49.5 Å². The highest BCUT2D eigenvalue weighted by Crippen LogP contribution is 2.41. The minimum Gasteiger partial charge on any atom is -0.497 e. The molecule has 0 bridgehead atoms. The number of nitriles is 1. The van der Waals surface area contributed by atoms with Crippen LogP contribution in [0, 0.1) is 11.3 Å². The lowest BCUT2D eigenvalue weighted by Crippen LogP contribution is -2.46. The summed E-state index contributed by atoms with van der Waals surface area (Å²) in [5.74, 6) is 1.56. The molecule has 0 aromatic heterocycles. The van der Waals surface area contributed by atoms with Gasteiger partial charge in [-0.15, -0.1) is 0 Å². The first kappa shape index (κ1) is 25.3. The Hall–Kier alpha value is -3.82. The van der Waals surface area contributed by atoms with Crippen LogP contribution in [0.15, 0.2) is 72.8 Å². The molecule has 0 spiro atoms. The molecule has 3 aromatic carbocycles. The van der Waals surface area contributed by atoms with Crippen LogP contribution in [-0.2, 0) is 12.0 Å². The Bertz CT molecular complexity index is 1170. The highest BCUT2D eigenvalue weighted by Gasteiger charge is 2.38. The molecule has 0 radical (unpaired) electrons. The standard InChI is InChI=1S/C30H33N3O3/c1-32(19-17-31)29(34)24-7-4-6-23(20-24)21-33-18-5-16-30(22-33,25-8-12-27(35-2)13-9-25)26-10-14-28(36-3)15-11-26/h4,6-15,20H,5,16,18-19,21-22H2,1-3H3. The second kappa shape index (κ2) is 11.3. The van der Waals surface area contributed by atoms with E-state index in [9.17, 15) is 4.79 Å². The molecule has 0 N–H and O–H groups in total. The quantitative estimate of drug-likeness (QED) is 0.427. The van der Waals surface area contributed by atoms with Crippen LogP contribution in [-0.4, -0.2) is 56.6 Å². The molecule has 1 amide bonds. The van der Waals surface area contributed by atoms with Crippen molar-refractivity contribution in [3.63, 3.8) is 0 Å². The lowest BCUT2D eigenvalue weighted by Gasteiger charge is -2.44. The molecule has 0 atom stereocenters. The van der Waals surface area contributed by atoms with Crippen molar-refractivity contribution in [1.82, 2.24) is 9.80 Å². The number of likely N-dealkylation sites (tertiary alicyclic amines) is 1. The zero-order chi connectivity index (χ0) is 25.5. The highest BCUT2D eigenvalue weighted by molar-refractivity contribution is 5.94. The second-order valence-corrected chi connectivity index (χ2v) is 9.37. The zero-order valence-electron chi connectivity index (χ0n) is 21.2. The fourth-order valence-corrected chi connectivity index (χ4v) is 5.20. The van der Waals surface area contributed by atoms with Crippen LogP contribution in [0.3, 0.4) is 0 Å². The number of benzene rings is 3. The number of hydrogen-bond donors (Lipinski definition) is 0. The molecule has 6 nitrogen and oxygen atoms in total. The number of rotatable bonds is 8. The van der Waals surface area contributed by atoms with E-state index in [-0.39, 0.29) is 17.9 Å². The lowest BCUT2D eigenvalue weighted by atomic mass is 9.69. The summed E-state index contributed by atoms with van der Waals surface area (Å²) >= 11 is 0. The molecule has 1 aliphatic rings. The summed E-state index contributed by atoms with van der Waals surface area (Å²) in [5.41, 5.74) is 4.06. The van der Waals surface area contributed by atoms with E-state index in [1.807, 2.05) is 48.5 Å². The van der Waals surface area contributed by atoms with Gasteiger partial charge in [-0.3, -0.25) is 9.69 Å². The van der Waals surface area contributed by atoms with Gasteiger partial charge >= 0.3 is 0 Å². The highest BCUT2D eigenvalue weighted by atomic mass is 16.5. The number of piperidine rings is 1. The number of nitrogens with zero attached hydrogens (tertiary/aromatic N) is 3. The molecule has 0 saturated carbocycles. The third-order valence-electron chi connectivity index (χ3n) is 7.09. The van der Waals surface area contributed by atoms with Gasteiger partial charge in [0.1, 0.15) is 18.0 Å². The Morgan fingerprint density at radius 1 is 1.00 bits per heavy atom. The van der Waals surface area contributed by atoms with E-state index >= 15 is 0 Å². The van der Waals surface area contributed by atoms with E-state index in [1.165, 1.54) is 16.0 Å². The maximum absolute atomic E-state index is 12.7. The predicted octanol–water partition coefficient (Wildman–Crippen LogP) is 4.88. The zero-order valence-corrected chi connectivity index (χ0v) is 21.2. The summed E-state index contributed by atoms with van der Waals surface area (Å²) in [5, 5.41) is 8.93. The molecule has 186 valence electrons.